The molecular formula is C17H16N4. The summed E-state index contributed by atoms with van der Waals surface area (Å²) >= 11 is 0. The van der Waals surface area contributed by atoms with Crippen LogP contribution in [-0.2, 0) is 5.66 Å². The molecule has 104 valence electrons. The van der Waals surface area contributed by atoms with E-state index in [9.17, 15) is 0 Å². The summed E-state index contributed by atoms with van der Waals surface area (Å²) in [4.78, 5) is 4.18. The molecule has 0 saturated carbocycles. The predicted molar refractivity (Wildman–Crippen MR) is 83.0 cm³/mol. The van der Waals surface area contributed by atoms with E-state index in [2.05, 4.69) is 39.6 Å². The third kappa shape index (κ3) is 2.74. The summed E-state index contributed by atoms with van der Waals surface area (Å²) in [5.41, 5.74) is 1.55. The van der Waals surface area contributed by atoms with Gasteiger partial charge in [-0.3, -0.25) is 0 Å². The van der Waals surface area contributed by atoms with Crippen LogP contribution in [0.3, 0.4) is 0 Å². The number of allylic oxidation sites excluding steroid dienone is 2. The van der Waals surface area contributed by atoms with Gasteiger partial charge in [0, 0.05) is 11.8 Å². The van der Waals surface area contributed by atoms with Crippen LogP contribution in [0.4, 0.5) is 5.82 Å². The second-order valence-corrected chi connectivity index (χ2v) is 4.83. The quantitative estimate of drug-likeness (QED) is 0.861. The molecular weight excluding hydrogens is 260 g/mol. The fraction of sp³-hybridized carbons (Fsp3) is 0.118. The van der Waals surface area contributed by atoms with Crippen LogP contribution in [0.5, 0.6) is 0 Å². The van der Waals surface area contributed by atoms with Crippen molar-refractivity contribution in [1.29, 1.82) is 0 Å². The fourth-order valence-electron chi connectivity index (χ4n) is 2.30. The van der Waals surface area contributed by atoms with E-state index in [1.54, 1.807) is 6.20 Å². The van der Waals surface area contributed by atoms with Gasteiger partial charge in [-0.05, 0) is 43.0 Å². The van der Waals surface area contributed by atoms with E-state index in [4.69, 9.17) is 0 Å². The Morgan fingerprint density at radius 3 is 2.62 bits per heavy atom. The fourth-order valence-corrected chi connectivity index (χ4v) is 2.30. The molecule has 0 saturated heterocycles. The first-order chi connectivity index (χ1) is 10.3. The van der Waals surface area contributed by atoms with Gasteiger partial charge in [-0.15, -0.1) is 10.2 Å². The summed E-state index contributed by atoms with van der Waals surface area (Å²) in [6, 6.07) is 13.7. The summed E-state index contributed by atoms with van der Waals surface area (Å²) < 4.78 is 0. The van der Waals surface area contributed by atoms with Crippen molar-refractivity contribution < 1.29 is 0 Å². The number of nitrogens with zero attached hydrogens (tertiary/aromatic N) is 3. The van der Waals surface area contributed by atoms with E-state index in [1.807, 2.05) is 54.8 Å². The first-order valence-electron chi connectivity index (χ1n) is 6.82. The molecule has 0 aliphatic carbocycles. The lowest BCUT2D eigenvalue weighted by molar-refractivity contribution is 0.470. The maximum absolute atomic E-state index is 4.53. The number of aryl methyl sites for hydroxylation is 1. The minimum Gasteiger partial charge on any atom is -0.359 e. The van der Waals surface area contributed by atoms with E-state index < -0.39 is 5.66 Å². The number of pyridine rings is 1. The topological polar surface area (TPSA) is 49.6 Å². The summed E-state index contributed by atoms with van der Waals surface area (Å²) in [6.07, 6.45) is 9.50. The van der Waals surface area contributed by atoms with Crippen LogP contribution >= 0.6 is 0 Å². The molecule has 0 radical (unpaired) electrons. The van der Waals surface area contributed by atoms with Crippen LogP contribution in [0.2, 0.25) is 0 Å². The summed E-state index contributed by atoms with van der Waals surface area (Å²) in [5, 5.41) is 12.1. The molecule has 1 atom stereocenters. The van der Waals surface area contributed by atoms with E-state index in [0.717, 1.165) is 11.1 Å². The smallest absolute Gasteiger partial charge is 0.195 e. The number of azo groups is 1. The summed E-state index contributed by atoms with van der Waals surface area (Å²) in [6.45, 7) is 2.07. The lowest BCUT2D eigenvalue weighted by Gasteiger charge is -2.29. The van der Waals surface area contributed by atoms with Crippen molar-refractivity contribution in [1.82, 2.24) is 10.3 Å². The molecule has 1 aromatic heterocycles. The minimum absolute atomic E-state index is 0.593. The highest BCUT2D eigenvalue weighted by Gasteiger charge is 2.30. The van der Waals surface area contributed by atoms with Crippen molar-refractivity contribution >= 4 is 5.82 Å². The molecule has 1 aromatic carbocycles. The zero-order valence-corrected chi connectivity index (χ0v) is 11.8. The maximum Gasteiger partial charge on any atom is 0.195 e. The van der Waals surface area contributed by atoms with Gasteiger partial charge in [0.25, 0.3) is 0 Å². The Bertz CT molecular complexity index is 704. The van der Waals surface area contributed by atoms with Gasteiger partial charge >= 0.3 is 0 Å². The van der Waals surface area contributed by atoms with E-state index in [0.29, 0.717) is 5.82 Å². The molecule has 21 heavy (non-hydrogen) atoms. The Balaban J connectivity index is 2.03. The average molecular weight is 276 g/mol. The third-order valence-corrected chi connectivity index (χ3v) is 3.36. The Morgan fingerprint density at radius 1 is 1.05 bits per heavy atom. The van der Waals surface area contributed by atoms with Gasteiger partial charge in [0.1, 0.15) is 0 Å². The Morgan fingerprint density at radius 2 is 1.90 bits per heavy atom. The van der Waals surface area contributed by atoms with Crippen molar-refractivity contribution in [2.75, 3.05) is 0 Å². The SMILES string of the molecule is Cc1ccccc1C1(N=Nc2ccccn2)C=CC=CN1. The monoisotopic (exact) mass is 276 g/mol. The predicted octanol–water partition coefficient (Wildman–Crippen LogP) is 4.00. The van der Waals surface area contributed by atoms with Crippen LogP contribution in [0.1, 0.15) is 11.1 Å². The maximum atomic E-state index is 4.53. The highest BCUT2D eigenvalue weighted by molar-refractivity contribution is 5.39. The van der Waals surface area contributed by atoms with Crippen molar-refractivity contribution in [2.24, 2.45) is 10.2 Å². The first-order valence-corrected chi connectivity index (χ1v) is 6.82. The van der Waals surface area contributed by atoms with Crippen LogP contribution < -0.4 is 5.32 Å². The van der Waals surface area contributed by atoms with Gasteiger partial charge < -0.3 is 5.32 Å². The van der Waals surface area contributed by atoms with E-state index in [-0.39, 0.29) is 0 Å². The summed E-state index contributed by atoms with van der Waals surface area (Å²) in [7, 11) is 0. The number of hydrogen-bond donors (Lipinski definition) is 1. The molecule has 0 fully saturated rings. The standard InChI is InChI=1S/C17H16N4/c1-14-8-2-3-9-15(14)17(11-5-7-13-19-17)21-20-16-10-4-6-12-18-16/h2-13,19H,1H3. The number of benzene rings is 1. The molecule has 1 unspecified atom stereocenters. The van der Waals surface area contributed by atoms with Gasteiger partial charge in [0.05, 0.1) is 0 Å². The summed E-state index contributed by atoms with van der Waals surface area (Å²) in [5.74, 6) is 0.593. The second-order valence-electron chi connectivity index (χ2n) is 4.83. The number of aromatic nitrogens is 1. The first kappa shape index (κ1) is 13.2. The largest absolute Gasteiger partial charge is 0.359 e. The van der Waals surface area contributed by atoms with Crippen molar-refractivity contribution in [3.63, 3.8) is 0 Å². The van der Waals surface area contributed by atoms with Gasteiger partial charge in [0.2, 0.25) is 0 Å². The lowest BCUT2D eigenvalue weighted by atomic mass is 9.94. The molecule has 2 heterocycles. The highest BCUT2D eigenvalue weighted by atomic mass is 15.3. The second kappa shape index (κ2) is 5.71. The third-order valence-electron chi connectivity index (χ3n) is 3.36. The normalized spacial score (nSPS) is 20.6. The Labute approximate surface area is 124 Å². The molecule has 1 aliphatic rings. The van der Waals surface area contributed by atoms with Gasteiger partial charge in [0.15, 0.2) is 11.5 Å². The highest BCUT2D eigenvalue weighted by Crippen LogP contribution is 2.30. The molecule has 0 amide bonds. The molecule has 4 nitrogen and oxygen atoms in total. The zero-order valence-electron chi connectivity index (χ0n) is 11.8. The van der Waals surface area contributed by atoms with E-state index in [1.165, 1.54) is 0 Å². The van der Waals surface area contributed by atoms with Gasteiger partial charge in [-0.1, -0.05) is 36.4 Å². The zero-order chi connectivity index (χ0) is 14.5. The molecule has 1 N–H and O–H groups in total. The van der Waals surface area contributed by atoms with E-state index >= 15 is 0 Å². The van der Waals surface area contributed by atoms with Crippen molar-refractivity contribution in [2.45, 2.75) is 12.6 Å². The molecule has 1 aliphatic heterocycles. The Hall–Kier alpha value is -2.75. The van der Waals surface area contributed by atoms with Crippen LogP contribution in [0.25, 0.3) is 0 Å². The molecule has 0 spiro atoms. The minimum atomic E-state index is -0.683. The average Bonchev–Trinajstić information content (AvgIpc) is 2.55. The van der Waals surface area contributed by atoms with Gasteiger partial charge in [-0.25, -0.2) is 4.98 Å². The number of rotatable bonds is 3. The lowest BCUT2D eigenvalue weighted by Crippen LogP contribution is -2.37. The molecule has 2 aromatic rings. The molecule has 3 rings (SSSR count). The number of hydrogen-bond acceptors (Lipinski definition) is 4. The van der Waals surface area contributed by atoms with Crippen LogP contribution in [-0.4, -0.2) is 4.98 Å². The van der Waals surface area contributed by atoms with Crippen LogP contribution in [0.15, 0.2) is 83.3 Å². The number of nitrogens with one attached hydrogen (secondary N) is 1. The van der Waals surface area contributed by atoms with Crippen molar-refractivity contribution in [3.05, 3.63) is 84.2 Å². The number of dihydropyridines is 1. The molecule has 0 bridgehead atoms. The van der Waals surface area contributed by atoms with Crippen molar-refractivity contribution in [3.8, 4) is 0 Å². The van der Waals surface area contributed by atoms with Crippen LogP contribution in [0, 0.1) is 6.92 Å². The van der Waals surface area contributed by atoms with Gasteiger partial charge in [-0.2, -0.15) is 0 Å². The molecule has 4 heteroatoms. The Kier molecular flexibility index (Phi) is 3.60.